The van der Waals surface area contributed by atoms with E-state index in [1.54, 1.807) is 0 Å². The standard InChI is InChI=1S/C17H17N3O/c1-11(2)15-9-17(20-10-19-15)21-16-8-7-14(18)12-5-3-4-6-13(12)16/h3-11H,18H2,1-2H3. The summed E-state index contributed by atoms with van der Waals surface area (Å²) in [6, 6.07) is 13.5. The van der Waals surface area contributed by atoms with Crippen LogP contribution in [0.1, 0.15) is 25.5 Å². The molecule has 0 fully saturated rings. The van der Waals surface area contributed by atoms with Crippen molar-refractivity contribution in [2.45, 2.75) is 19.8 Å². The van der Waals surface area contributed by atoms with E-state index < -0.39 is 0 Å². The van der Waals surface area contributed by atoms with Crippen LogP contribution >= 0.6 is 0 Å². The number of ether oxygens (including phenoxy) is 1. The van der Waals surface area contributed by atoms with Crippen molar-refractivity contribution in [3.05, 3.63) is 54.5 Å². The quantitative estimate of drug-likeness (QED) is 0.732. The Morgan fingerprint density at radius 1 is 1.00 bits per heavy atom. The van der Waals surface area contributed by atoms with Crippen LogP contribution in [0.25, 0.3) is 10.8 Å². The molecule has 3 rings (SSSR count). The topological polar surface area (TPSA) is 61.0 Å². The minimum Gasteiger partial charge on any atom is -0.438 e. The largest absolute Gasteiger partial charge is 0.438 e. The van der Waals surface area contributed by atoms with Gasteiger partial charge in [0.1, 0.15) is 12.1 Å². The van der Waals surface area contributed by atoms with Crippen LogP contribution in [0, 0.1) is 0 Å². The summed E-state index contributed by atoms with van der Waals surface area (Å²) in [5, 5.41) is 1.95. The van der Waals surface area contributed by atoms with Crippen molar-refractivity contribution in [3.63, 3.8) is 0 Å². The fourth-order valence-corrected chi connectivity index (χ4v) is 2.22. The van der Waals surface area contributed by atoms with Gasteiger partial charge < -0.3 is 10.5 Å². The van der Waals surface area contributed by atoms with Gasteiger partial charge in [-0.2, -0.15) is 0 Å². The van der Waals surface area contributed by atoms with Gasteiger partial charge in [0.2, 0.25) is 5.88 Å². The molecule has 0 aliphatic rings. The van der Waals surface area contributed by atoms with Gasteiger partial charge in [-0.05, 0) is 18.1 Å². The van der Waals surface area contributed by atoms with E-state index in [2.05, 4.69) is 23.8 Å². The van der Waals surface area contributed by atoms with Crippen LogP contribution in [0.2, 0.25) is 0 Å². The highest BCUT2D eigenvalue weighted by Gasteiger charge is 2.08. The van der Waals surface area contributed by atoms with E-state index in [-0.39, 0.29) is 0 Å². The molecule has 0 saturated carbocycles. The normalized spacial score (nSPS) is 11.0. The summed E-state index contributed by atoms with van der Waals surface area (Å²) in [6.07, 6.45) is 1.53. The summed E-state index contributed by atoms with van der Waals surface area (Å²) < 4.78 is 5.93. The third-order valence-corrected chi connectivity index (χ3v) is 3.39. The maximum atomic E-state index is 6.00. The molecule has 2 aromatic carbocycles. The third-order valence-electron chi connectivity index (χ3n) is 3.39. The first-order valence-corrected chi connectivity index (χ1v) is 6.92. The Morgan fingerprint density at radius 3 is 2.52 bits per heavy atom. The van der Waals surface area contributed by atoms with Gasteiger partial charge in [-0.15, -0.1) is 0 Å². The Balaban J connectivity index is 2.02. The van der Waals surface area contributed by atoms with Gasteiger partial charge in [-0.1, -0.05) is 38.1 Å². The fourth-order valence-electron chi connectivity index (χ4n) is 2.22. The van der Waals surface area contributed by atoms with Crippen molar-refractivity contribution in [2.24, 2.45) is 0 Å². The van der Waals surface area contributed by atoms with Crippen molar-refractivity contribution in [1.82, 2.24) is 9.97 Å². The maximum absolute atomic E-state index is 6.00. The van der Waals surface area contributed by atoms with Crippen LogP contribution in [-0.4, -0.2) is 9.97 Å². The second-order valence-corrected chi connectivity index (χ2v) is 5.24. The van der Waals surface area contributed by atoms with Crippen LogP contribution in [0.3, 0.4) is 0 Å². The summed E-state index contributed by atoms with van der Waals surface area (Å²) in [6.45, 7) is 4.18. The van der Waals surface area contributed by atoms with E-state index in [0.717, 1.165) is 27.9 Å². The van der Waals surface area contributed by atoms with Crippen LogP contribution in [0.15, 0.2) is 48.8 Å². The molecule has 0 aliphatic carbocycles. The molecule has 3 aromatic rings. The Bertz CT molecular complexity index is 784. The number of nitrogens with zero attached hydrogens (tertiary/aromatic N) is 2. The third kappa shape index (κ3) is 2.65. The summed E-state index contributed by atoms with van der Waals surface area (Å²) in [5.41, 5.74) is 7.70. The van der Waals surface area contributed by atoms with Gasteiger partial charge in [0.15, 0.2) is 0 Å². The van der Waals surface area contributed by atoms with Crippen LogP contribution in [0.5, 0.6) is 11.6 Å². The van der Waals surface area contributed by atoms with Gasteiger partial charge in [0.25, 0.3) is 0 Å². The lowest BCUT2D eigenvalue weighted by molar-refractivity contribution is 0.464. The van der Waals surface area contributed by atoms with Crippen LogP contribution in [0.4, 0.5) is 5.69 Å². The first kappa shape index (κ1) is 13.4. The van der Waals surface area contributed by atoms with Crippen molar-refractivity contribution in [2.75, 3.05) is 5.73 Å². The summed E-state index contributed by atoms with van der Waals surface area (Å²) in [4.78, 5) is 8.43. The molecule has 4 nitrogen and oxygen atoms in total. The van der Waals surface area contributed by atoms with E-state index in [4.69, 9.17) is 10.5 Å². The van der Waals surface area contributed by atoms with Crippen LogP contribution in [-0.2, 0) is 0 Å². The fraction of sp³-hybridized carbons (Fsp3) is 0.176. The monoisotopic (exact) mass is 279 g/mol. The van der Waals surface area contributed by atoms with Crippen molar-refractivity contribution < 1.29 is 4.74 Å². The molecular formula is C17H17N3O. The second-order valence-electron chi connectivity index (χ2n) is 5.24. The highest BCUT2D eigenvalue weighted by atomic mass is 16.5. The van der Waals surface area contributed by atoms with E-state index >= 15 is 0 Å². The van der Waals surface area contributed by atoms with E-state index in [9.17, 15) is 0 Å². The van der Waals surface area contributed by atoms with Gasteiger partial charge in [0, 0.05) is 22.5 Å². The average molecular weight is 279 g/mol. The smallest absolute Gasteiger partial charge is 0.222 e. The highest BCUT2D eigenvalue weighted by Crippen LogP contribution is 2.32. The first-order valence-electron chi connectivity index (χ1n) is 6.92. The zero-order valence-electron chi connectivity index (χ0n) is 12.1. The van der Waals surface area contributed by atoms with E-state index in [1.807, 2.05) is 42.5 Å². The number of anilines is 1. The minimum atomic E-state index is 0.332. The second kappa shape index (κ2) is 5.40. The van der Waals surface area contributed by atoms with E-state index in [1.165, 1.54) is 6.33 Å². The summed E-state index contributed by atoms with van der Waals surface area (Å²) in [7, 11) is 0. The molecule has 0 bridgehead atoms. The molecular weight excluding hydrogens is 262 g/mol. The number of hydrogen-bond acceptors (Lipinski definition) is 4. The molecule has 0 spiro atoms. The van der Waals surface area contributed by atoms with Gasteiger partial charge in [0.05, 0.1) is 5.69 Å². The number of hydrogen-bond donors (Lipinski definition) is 1. The molecule has 0 atom stereocenters. The number of benzene rings is 2. The molecule has 0 amide bonds. The highest BCUT2D eigenvalue weighted by molar-refractivity contribution is 5.97. The zero-order chi connectivity index (χ0) is 14.8. The van der Waals surface area contributed by atoms with Gasteiger partial charge in [-0.25, -0.2) is 9.97 Å². The van der Waals surface area contributed by atoms with Crippen molar-refractivity contribution in [1.29, 1.82) is 0 Å². The van der Waals surface area contributed by atoms with Gasteiger partial charge in [-0.3, -0.25) is 0 Å². The number of fused-ring (bicyclic) bond motifs is 1. The Morgan fingerprint density at radius 2 is 1.76 bits per heavy atom. The molecule has 1 heterocycles. The Labute approximate surface area is 123 Å². The Hall–Kier alpha value is -2.62. The van der Waals surface area contributed by atoms with Crippen LogP contribution < -0.4 is 10.5 Å². The minimum absolute atomic E-state index is 0.332. The molecule has 4 heteroatoms. The number of rotatable bonds is 3. The lowest BCUT2D eigenvalue weighted by Gasteiger charge is -2.11. The lowest BCUT2D eigenvalue weighted by Crippen LogP contribution is -1.96. The number of aromatic nitrogens is 2. The number of nitrogen functional groups attached to an aromatic ring is 1. The first-order chi connectivity index (χ1) is 10.1. The average Bonchev–Trinajstić information content (AvgIpc) is 2.51. The molecule has 0 aliphatic heterocycles. The molecule has 0 saturated heterocycles. The molecule has 1 aromatic heterocycles. The molecule has 21 heavy (non-hydrogen) atoms. The summed E-state index contributed by atoms with van der Waals surface area (Å²) in [5.74, 6) is 1.62. The van der Waals surface area contributed by atoms with E-state index in [0.29, 0.717) is 11.8 Å². The predicted octanol–water partition coefficient (Wildman–Crippen LogP) is 4.13. The molecule has 0 radical (unpaired) electrons. The molecule has 0 unspecified atom stereocenters. The predicted molar refractivity (Wildman–Crippen MR) is 84.6 cm³/mol. The Kier molecular flexibility index (Phi) is 3.44. The number of nitrogens with two attached hydrogens (primary N) is 1. The summed E-state index contributed by atoms with van der Waals surface area (Å²) >= 11 is 0. The molecule has 106 valence electrons. The zero-order valence-corrected chi connectivity index (χ0v) is 12.1. The van der Waals surface area contributed by atoms with Gasteiger partial charge >= 0.3 is 0 Å². The lowest BCUT2D eigenvalue weighted by atomic mass is 10.1. The molecule has 2 N–H and O–H groups in total. The SMILES string of the molecule is CC(C)c1cc(Oc2ccc(N)c3ccccc23)ncn1. The van der Waals surface area contributed by atoms with Crippen molar-refractivity contribution >= 4 is 16.5 Å². The maximum Gasteiger partial charge on any atom is 0.222 e. The van der Waals surface area contributed by atoms with Crippen molar-refractivity contribution in [3.8, 4) is 11.6 Å².